The number of imide groups is 1. The number of urea groups is 1. The Bertz CT molecular complexity index is 1030. The van der Waals surface area contributed by atoms with Crippen LogP contribution in [0.15, 0.2) is 58.9 Å². The van der Waals surface area contributed by atoms with Crippen molar-refractivity contribution < 1.29 is 9.59 Å². The number of para-hydroxylation sites is 1. The van der Waals surface area contributed by atoms with Crippen molar-refractivity contribution in [1.82, 2.24) is 30.0 Å². The maximum absolute atomic E-state index is 12.8. The molecule has 1 aromatic heterocycles. The Morgan fingerprint density at radius 2 is 1.70 bits per heavy atom. The standard InChI is InChI=1S/C22H26N8O2S/c1-27-18-17(19(31)26-22(27)32)30(14-15-33-20-23-8-5-9-24-20)21(25-18)29-12-10-28(11-13-29)16-6-3-2-4-7-16/h2-9,17-18H,10-15H2,1H3,(H,26,31,32). The highest BCUT2D eigenvalue weighted by molar-refractivity contribution is 7.99. The van der Waals surface area contributed by atoms with Gasteiger partial charge in [-0.25, -0.2) is 19.8 Å². The van der Waals surface area contributed by atoms with E-state index >= 15 is 0 Å². The van der Waals surface area contributed by atoms with Gasteiger partial charge in [-0.1, -0.05) is 30.0 Å². The van der Waals surface area contributed by atoms with Gasteiger partial charge < -0.3 is 19.6 Å². The maximum Gasteiger partial charge on any atom is 0.325 e. The molecule has 0 spiro atoms. The highest BCUT2D eigenvalue weighted by Gasteiger charge is 2.49. The number of rotatable bonds is 5. The van der Waals surface area contributed by atoms with Gasteiger partial charge in [0.25, 0.3) is 5.91 Å². The van der Waals surface area contributed by atoms with E-state index in [0.717, 1.165) is 32.1 Å². The van der Waals surface area contributed by atoms with Gasteiger partial charge in [0.05, 0.1) is 0 Å². The molecule has 2 unspecified atom stereocenters. The smallest absolute Gasteiger partial charge is 0.325 e. The average molecular weight is 467 g/mol. The lowest BCUT2D eigenvalue weighted by Gasteiger charge is -2.41. The zero-order valence-electron chi connectivity index (χ0n) is 18.4. The second kappa shape index (κ2) is 9.26. The lowest BCUT2D eigenvalue weighted by atomic mass is 10.1. The Balaban J connectivity index is 1.32. The third-order valence-electron chi connectivity index (χ3n) is 6.13. The van der Waals surface area contributed by atoms with Crippen LogP contribution < -0.4 is 10.2 Å². The van der Waals surface area contributed by atoms with Crippen LogP contribution in [-0.2, 0) is 4.79 Å². The topological polar surface area (TPSA) is 97.3 Å². The van der Waals surface area contributed by atoms with Crippen LogP contribution >= 0.6 is 11.8 Å². The van der Waals surface area contributed by atoms with Crippen molar-refractivity contribution in [2.45, 2.75) is 17.4 Å². The Morgan fingerprint density at radius 3 is 2.42 bits per heavy atom. The number of amides is 3. The number of hydrogen-bond acceptors (Lipinski definition) is 9. The summed E-state index contributed by atoms with van der Waals surface area (Å²) in [6.45, 7) is 3.90. The summed E-state index contributed by atoms with van der Waals surface area (Å²) >= 11 is 1.54. The quantitative estimate of drug-likeness (QED) is 0.514. The fourth-order valence-electron chi connectivity index (χ4n) is 4.41. The minimum Gasteiger partial charge on any atom is -0.368 e. The van der Waals surface area contributed by atoms with Crippen molar-refractivity contribution in [1.29, 1.82) is 0 Å². The second-order valence-electron chi connectivity index (χ2n) is 8.08. The molecular weight excluding hydrogens is 440 g/mol. The molecule has 5 rings (SSSR count). The van der Waals surface area contributed by atoms with Crippen LogP contribution in [0, 0.1) is 0 Å². The predicted molar refractivity (Wildman–Crippen MR) is 126 cm³/mol. The van der Waals surface area contributed by atoms with E-state index < -0.39 is 18.2 Å². The molecule has 3 aliphatic rings. The maximum atomic E-state index is 12.8. The molecule has 2 aromatic rings. The molecule has 2 atom stereocenters. The number of thioether (sulfide) groups is 1. The summed E-state index contributed by atoms with van der Waals surface area (Å²) in [5.74, 6) is 1.18. The van der Waals surface area contributed by atoms with Crippen LogP contribution in [0.5, 0.6) is 0 Å². The van der Waals surface area contributed by atoms with Crippen LogP contribution in [-0.4, -0.2) is 100 Å². The van der Waals surface area contributed by atoms with Crippen LogP contribution in [0.25, 0.3) is 0 Å². The second-order valence-corrected chi connectivity index (χ2v) is 9.14. The van der Waals surface area contributed by atoms with Crippen molar-refractivity contribution in [3.8, 4) is 0 Å². The number of likely N-dealkylation sites (N-methyl/N-ethyl adjacent to an activating group) is 1. The number of hydrogen-bond donors (Lipinski definition) is 1. The number of carbonyl (C=O) groups is 2. The van der Waals surface area contributed by atoms with E-state index in [0.29, 0.717) is 17.5 Å². The molecule has 0 aliphatic carbocycles. The molecule has 0 bridgehead atoms. The Morgan fingerprint density at radius 1 is 1.00 bits per heavy atom. The van der Waals surface area contributed by atoms with Crippen LogP contribution in [0.2, 0.25) is 0 Å². The average Bonchev–Trinajstić information content (AvgIpc) is 3.24. The van der Waals surface area contributed by atoms with Crippen molar-refractivity contribution in [3.63, 3.8) is 0 Å². The molecule has 1 N–H and O–H groups in total. The monoisotopic (exact) mass is 466 g/mol. The van der Waals surface area contributed by atoms with Gasteiger partial charge in [-0.05, 0) is 18.2 Å². The van der Waals surface area contributed by atoms with E-state index in [1.807, 2.05) is 11.0 Å². The number of guanidine groups is 1. The number of carbonyl (C=O) groups excluding carboxylic acids is 2. The van der Waals surface area contributed by atoms with E-state index in [1.54, 1.807) is 25.5 Å². The molecule has 0 radical (unpaired) electrons. The largest absolute Gasteiger partial charge is 0.368 e. The molecule has 11 heteroatoms. The first-order valence-corrected chi connectivity index (χ1v) is 12.0. The fraction of sp³-hybridized carbons (Fsp3) is 0.409. The normalized spacial score (nSPS) is 22.9. The summed E-state index contributed by atoms with van der Waals surface area (Å²) in [5.41, 5.74) is 1.21. The van der Waals surface area contributed by atoms with Gasteiger partial charge in [0, 0.05) is 63.6 Å². The molecule has 4 heterocycles. The summed E-state index contributed by atoms with van der Waals surface area (Å²) in [4.78, 5) is 46.5. The summed E-state index contributed by atoms with van der Waals surface area (Å²) in [6, 6.07) is 11.2. The number of anilines is 1. The summed E-state index contributed by atoms with van der Waals surface area (Å²) in [6.07, 6.45) is 2.91. The molecule has 1 aromatic carbocycles. The van der Waals surface area contributed by atoms with E-state index in [4.69, 9.17) is 4.99 Å². The van der Waals surface area contributed by atoms with Gasteiger partial charge in [0.1, 0.15) is 0 Å². The molecule has 33 heavy (non-hydrogen) atoms. The first-order valence-electron chi connectivity index (χ1n) is 11.0. The van der Waals surface area contributed by atoms with E-state index in [9.17, 15) is 9.59 Å². The Labute approximate surface area is 196 Å². The first kappa shape index (κ1) is 21.5. The van der Waals surface area contributed by atoms with Gasteiger partial charge in [-0.15, -0.1) is 0 Å². The molecule has 172 valence electrons. The van der Waals surface area contributed by atoms with Gasteiger partial charge >= 0.3 is 6.03 Å². The van der Waals surface area contributed by atoms with Crippen LogP contribution in [0.4, 0.5) is 10.5 Å². The third-order valence-corrected chi connectivity index (χ3v) is 6.98. The lowest BCUT2D eigenvalue weighted by Crippen LogP contribution is -2.64. The van der Waals surface area contributed by atoms with Crippen LogP contribution in [0.1, 0.15) is 0 Å². The third kappa shape index (κ3) is 4.32. The molecule has 0 saturated carbocycles. The lowest BCUT2D eigenvalue weighted by molar-refractivity contribution is -0.127. The van der Waals surface area contributed by atoms with E-state index in [-0.39, 0.29) is 5.91 Å². The minimum absolute atomic E-state index is 0.300. The summed E-state index contributed by atoms with van der Waals surface area (Å²) in [5, 5.41) is 3.16. The van der Waals surface area contributed by atoms with Crippen LogP contribution in [0.3, 0.4) is 0 Å². The highest BCUT2D eigenvalue weighted by Crippen LogP contribution is 2.27. The highest BCUT2D eigenvalue weighted by atomic mass is 32.2. The minimum atomic E-state index is -0.535. The van der Waals surface area contributed by atoms with Crippen molar-refractivity contribution in [2.24, 2.45) is 4.99 Å². The fourth-order valence-corrected chi connectivity index (χ4v) is 5.15. The van der Waals surface area contributed by atoms with E-state index in [1.165, 1.54) is 22.3 Å². The SMILES string of the molecule is CN1C(=O)NC(=O)C2C1N=C(N1CCN(c3ccccc3)CC1)N2CCSc1ncccn1. The first-order chi connectivity index (χ1) is 16.1. The number of fused-ring (bicyclic) bond motifs is 1. The molecule has 3 aliphatic heterocycles. The summed E-state index contributed by atoms with van der Waals surface area (Å²) < 4.78 is 0. The number of benzene rings is 1. The van der Waals surface area contributed by atoms with Gasteiger partial charge in [0.15, 0.2) is 23.3 Å². The number of aromatic nitrogens is 2. The molecule has 2 saturated heterocycles. The van der Waals surface area contributed by atoms with Gasteiger partial charge in [-0.3, -0.25) is 10.1 Å². The predicted octanol–water partition coefficient (Wildman–Crippen LogP) is 0.939. The van der Waals surface area contributed by atoms with Crippen molar-refractivity contribution in [3.05, 3.63) is 48.8 Å². The number of aliphatic imine (C=N–C) groups is 1. The Kier molecular flexibility index (Phi) is 6.03. The number of nitrogens with zero attached hydrogens (tertiary/aromatic N) is 7. The number of nitrogens with one attached hydrogen (secondary N) is 1. The molecule has 10 nitrogen and oxygen atoms in total. The van der Waals surface area contributed by atoms with Crippen molar-refractivity contribution in [2.75, 3.05) is 50.4 Å². The molecular formula is C22H26N8O2S. The molecule has 3 amide bonds. The summed E-state index contributed by atoms with van der Waals surface area (Å²) in [7, 11) is 1.68. The zero-order chi connectivity index (χ0) is 22.8. The Hall–Kier alpha value is -3.34. The van der Waals surface area contributed by atoms with Gasteiger partial charge in [-0.2, -0.15) is 0 Å². The zero-order valence-corrected chi connectivity index (χ0v) is 19.2. The van der Waals surface area contributed by atoms with Gasteiger partial charge in [0.2, 0.25) is 0 Å². The van der Waals surface area contributed by atoms with Crippen molar-refractivity contribution >= 4 is 35.3 Å². The molecule has 2 fully saturated rings. The van der Waals surface area contributed by atoms with E-state index in [2.05, 4.69) is 49.4 Å². The number of piperazine rings is 1.